The maximum Gasteiger partial charge on any atom is 0.0158 e. The van der Waals surface area contributed by atoms with E-state index in [0.29, 0.717) is 0 Å². The largest absolute Gasteiger partial charge is 0.0895 e. The fourth-order valence-corrected chi connectivity index (χ4v) is 2.81. The van der Waals surface area contributed by atoms with Gasteiger partial charge in [-0.15, -0.1) is 0 Å². The molecule has 0 amide bonds. The molecule has 3 rings (SSSR count). The summed E-state index contributed by atoms with van der Waals surface area (Å²) in [5, 5.41) is 0. The first-order valence-corrected chi connectivity index (χ1v) is 5.50. The molecule has 0 aliphatic carbocycles. The van der Waals surface area contributed by atoms with Gasteiger partial charge in [-0.25, -0.2) is 0 Å². The van der Waals surface area contributed by atoms with Crippen molar-refractivity contribution in [2.75, 3.05) is 0 Å². The molecule has 0 saturated heterocycles. The van der Waals surface area contributed by atoms with Crippen molar-refractivity contribution in [1.29, 1.82) is 0 Å². The Labute approximate surface area is 88.0 Å². The normalized spacial score (nSPS) is 13.1. The van der Waals surface area contributed by atoms with Gasteiger partial charge in [0, 0.05) is 9.79 Å². The molecule has 1 heteroatoms. The lowest BCUT2D eigenvalue weighted by molar-refractivity contribution is 1.05. The molecule has 0 bridgehead atoms. The summed E-state index contributed by atoms with van der Waals surface area (Å²) in [4.78, 5) is 2.77. The summed E-state index contributed by atoms with van der Waals surface area (Å²) in [6.45, 7) is 0. The van der Waals surface area contributed by atoms with Crippen LogP contribution in [0, 0.1) is 6.07 Å². The predicted octanol–water partition coefficient (Wildman–Crippen LogP) is 3.54. The zero-order valence-electron chi connectivity index (χ0n) is 7.66. The summed E-state index contributed by atoms with van der Waals surface area (Å²) in [5.74, 6) is 0. The number of hydrogen-bond donors (Lipinski definition) is 0. The Morgan fingerprint density at radius 3 is 2.86 bits per heavy atom. The van der Waals surface area contributed by atoms with Crippen molar-refractivity contribution in [3.05, 3.63) is 59.7 Å². The first-order chi connectivity index (χ1) is 6.93. The first-order valence-electron chi connectivity index (χ1n) is 4.68. The van der Waals surface area contributed by atoms with E-state index < -0.39 is 0 Å². The Morgan fingerprint density at radius 1 is 1.00 bits per heavy atom. The molecular weight excluding hydrogens is 188 g/mol. The molecule has 1 heterocycles. The molecule has 14 heavy (non-hydrogen) atoms. The second kappa shape index (κ2) is 3.18. The number of hydrogen-bond acceptors (Lipinski definition) is 1. The van der Waals surface area contributed by atoms with Crippen molar-refractivity contribution in [2.24, 2.45) is 0 Å². The van der Waals surface area contributed by atoms with Crippen molar-refractivity contribution in [3.63, 3.8) is 0 Å². The molecule has 0 spiro atoms. The topological polar surface area (TPSA) is 0 Å². The zero-order valence-corrected chi connectivity index (χ0v) is 8.47. The Balaban J connectivity index is 2.12. The molecule has 1 radical (unpaired) electrons. The highest BCUT2D eigenvalue weighted by Crippen LogP contribution is 2.38. The van der Waals surface area contributed by atoms with Crippen LogP contribution in [0.15, 0.2) is 52.3 Å². The predicted molar refractivity (Wildman–Crippen MR) is 58.6 cm³/mol. The van der Waals surface area contributed by atoms with E-state index >= 15 is 0 Å². The molecule has 1 aliphatic rings. The third kappa shape index (κ3) is 1.25. The van der Waals surface area contributed by atoms with Crippen LogP contribution in [0.1, 0.15) is 11.1 Å². The average Bonchev–Trinajstić information content (AvgIpc) is 2.26. The van der Waals surface area contributed by atoms with Crippen LogP contribution >= 0.6 is 11.8 Å². The minimum atomic E-state index is 1.05. The molecule has 0 nitrogen and oxygen atoms in total. The van der Waals surface area contributed by atoms with Gasteiger partial charge >= 0.3 is 0 Å². The average molecular weight is 197 g/mol. The van der Waals surface area contributed by atoms with Crippen LogP contribution in [0.5, 0.6) is 0 Å². The van der Waals surface area contributed by atoms with Crippen LogP contribution in [0.25, 0.3) is 0 Å². The van der Waals surface area contributed by atoms with E-state index in [0.717, 1.165) is 6.42 Å². The zero-order chi connectivity index (χ0) is 9.38. The Kier molecular flexibility index (Phi) is 1.84. The molecular formula is C13H9S. The molecule has 2 aromatic rings. The highest BCUT2D eigenvalue weighted by Gasteiger charge is 2.13. The molecule has 0 unspecified atom stereocenters. The standard InChI is InChI=1S/C13H9S/c1-3-7-12-10(5-1)9-11-6-2-4-8-13(11)14-12/h1,3-8H,9H2. The lowest BCUT2D eigenvalue weighted by Crippen LogP contribution is -1.98. The summed E-state index contributed by atoms with van der Waals surface area (Å²) in [5.41, 5.74) is 2.83. The molecule has 0 saturated carbocycles. The molecule has 0 N–H and O–H groups in total. The van der Waals surface area contributed by atoms with E-state index in [-0.39, 0.29) is 0 Å². The van der Waals surface area contributed by atoms with Gasteiger partial charge in [-0.3, -0.25) is 0 Å². The van der Waals surface area contributed by atoms with Gasteiger partial charge in [-0.1, -0.05) is 36.0 Å². The summed E-state index contributed by atoms with van der Waals surface area (Å²) in [6.07, 6.45) is 1.05. The first kappa shape index (κ1) is 8.13. The van der Waals surface area contributed by atoms with Crippen LogP contribution < -0.4 is 0 Å². The maximum absolute atomic E-state index is 3.14. The van der Waals surface area contributed by atoms with Crippen LogP contribution in [-0.2, 0) is 6.42 Å². The van der Waals surface area contributed by atoms with E-state index in [1.807, 2.05) is 17.8 Å². The highest BCUT2D eigenvalue weighted by molar-refractivity contribution is 7.99. The van der Waals surface area contributed by atoms with Gasteiger partial charge in [0.2, 0.25) is 0 Å². The molecule has 1 aliphatic heterocycles. The second-order valence-electron chi connectivity index (χ2n) is 3.42. The van der Waals surface area contributed by atoms with E-state index in [4.69, 9.17) is 0 Å². The number of rotatable bonds is 0. The van der Waals surface area contributed by atoms with Gasteiger partial charge < -0.3 is 0 Å². The fourth-order valence-electron chi connectivity index (χ4n) is 1.76. The fraction of sp³-hybridized carbons (Fsp3) is 0.0769. The van der Waals surface area contributed by atoms with E-state index in [2.05, 4.69) is 42.5 Å². The van der Waals surface area contributed by atoms with Crippen LogP contribution in [0.2, 0.25) is 0 Å². The van der Waals surface area contributed by atoms with Gasteiger partial charge in [0.25, 0.3) is 0 Å². The summed E-state index contributed by atoms with van der Waals surface area (Å²) in [7, 11) is 0. The summed E-state index contributed by atoms with van der Waals surface area (Å²) >= 11 is 1.86. The van der Waals surface area contributed by atoms with Gasteiger partial charge in [0.05, 0.1) is 0 Å². The monoisotopic (exact) mass is 197 g/mol. The quantitative estimate of drug-likeness (QED) is 0.531. The van der Waals surface area contributed by atoms with Gasteiger partial charge in [-0.05, 0) is 41.8 Å². The lowest BCUT2D eigenvalue weighted by Gasteiger charge is -2.17. The van der Waals surface area contributed by atoms with Gasteiger partial charge in [-0.2, -0.15) is 0 Å². The lowest BCUT2D eigenvalue weighted by atomic mass is 10.0. The van der Waals surface area contributed by atoms with Crippen molar-refractivity contribution < 1.29 is 0 Å². The van der Waals surface area contributed by atoms with E-state index in [1.165, 1.54) is 20.9 Å². The summed E-state index contributed by atoms with van der Waals surface area (Å²) in [6, 6.07) is 18.0. The second-order valence-corrected chi connectivity index (χ2v) is 4.50. The summed E-state index contributed by atoms with van der Waals surface area (Å²) < 4.78 is 0. The van der Waals surface area contributed by atoms with Crippen LogP contribution in [0.3, 0.4) is 0 Å². The third-order valence-corrected chi connectivity index (χ3v) is 3.71. The Bertz CT molecular complexity index is 387. The van der Waals surface area contributed by atoms with Crippen molar-refractivity contribution in [3.8, 4) is 0 Å². The van der Waals surface area contributed by atoms with Crippen LogP contribution in [0.4, 0.5) is 0 Å². The van der Waals surface area contributed by atoms with Crippen molar-refractivity contribution in [2.45, 2.75) is 16.2 Å². The SMILES string of the molecule is [c]1ccc2c(c1)Cc1ccccc1S2. The van der Waals surface area contributed by atoms with Crippen molar-refractivity contribution >= 4 is 11.8 Å². The number of benzene rings is 2. The Hall–Kier alpha value is -1.21. The van der Waals surface area contributed by atoms with Gasteiger partial charge in [0.15, 0.2) is 0 Å². The van der Waals surface area contributed by atoms with Gasteiger partial charge in [0.1, 0.15) is 0 Å². The molecule has 0 aromatic heterocycles. The molecule has 0 atom stereocenters. The van der Waals surface area contributed by atoms with Crippen molar-refractivity contribution in [1.82, 2.24) is 0 Å². The molecule has 67 valence electrons. The highest BCUT2D eigenvalue weighted by atomic mass is 32.2. The number of fused-ring (bicyclic) bond motifs is 2. The molecule has 0 fully saturated rings. The smallest absolute Gasteiger partial charge is 0.0158 e. The minimum absolute atomic E-state index is 1.05. The Morgan fingerprint density at radius 2 is 1.86 bits per heavy atom. The third-order valence-electron chi connectivity index (χ3n) is 2.48. The maximum atomic E-state index is 3.14. The molecule has 2 aromatic carbocycles. The van der Waals surface area contributed by atoms with E-state index in [1.54, 1.807) is 0 Å². The van der Waals surface area contributed by atoms with Crippen LogP contribution in [-0.4, -0.2) is 0 Å². The minimum Gasteiger partial charge on any atom is -0.0895 e. The van der Waals surface area contributed by atoms with E-state index in [9.17, 15) is 0 Å².